The number of oxazole rings is 1. The number of fused-ring (bicyclic) bond motifs is 1. The summed E-state index contributed by atoms with van der Waals surface area (Å²) in [7, 11) is 0. The van der Waals surface area contributed by atoms with E-state index in [-0.39, 0.29) is 35.3 Å². The molecule has 1 heterocycles. The average Bonchev–Trinajstić information content (AvgIpc) is 3.42. The van der Waals surface area contributed by atoms with Crippen LogP contribution in [0.15, 0.2) is 83.3 Å². The summed E-state index contributed by atoms with van der Waals surface area (Å²) in [5.41, 5.74) is 9.11. The molecule has 0 radical (unpaired) electrons. The van der Waals surface area contributed by atoms with Gasteiger partial charge in [-0.15, -0.1) is 0 Å². The molecule has 202 valence electrons. The van der Waals surface area contributed by atoms with E-state index < -0.39 is 5.92 Å². The molecule has 0 fully saturated rings. The summed E-state index contributed by atoms with van der Waals surface area (Å²) in [6.45, 7) is 4.77. The van der Waals surface area contributed by atoms with Crippen molar-refractivity contribution in [2.24, 2.45) is 17.6 Å². The number of carbonyl (C=O) groups excluding carboxylic acids is 3. The van der Waals surface area contributed by atoms with E-state index in [9.17, 15) is 14.4 Å². The fraction of sp³-hybridized carbons (Fsp3) is 0.290. The number of nitrogens with two attached hydrogens (primary N) is 1. The van der Waals surface area contributed by atoms with Crippen molar-refractivity contribution in [1.82, 2.24) is 15.6 Å². The first-order valence-corrected chi connectivity index (χ1v) is 13.2. The fourth-order valence-corrected chi connectivity index (χ4v) is 4.39. The number of rotatable bonds is 12. The van der Waals surface area contributed by atoms with E-state index >= 15 is 0 Å². The van der Waals surface area contributed by atoms with Crippen LogP contribution in [0.1, 0.15) is 58.4 Å². The van der Waals surface area contributed by atoms with E-state index in [0.29, 0.717) is 42.7 Å². The predicted molar refractivity (Wildman–Crippen MR) is 150 cm³/mol. The summed E-state index contributed by atoms with van der Waals surface area (Å²) in [5.74, 6) is -1.46. The molecule has 4 rings (SSSR count). The lowest BCUT2D eigenvalue weighted by Crippen LogP contribution is -2.38. The molecule has 8 heteroatoms. The van der Waals surface area contributed by atoms with Crippen LogP contribution in [-0.2, 0) is 11.3 Å². The molecule has 0 aliphatic carbocycles. The number of aromatic nitrogens is 1. The lowest BCUT2D eigenvalue weighted by atomic mass is 9.91. The van der Waals surface area contributed by atoms with Crippen LogP contribution in [-0.4, -0.2) is 35.7 Å². The number of hydrogen-bond donors (Lipinski definition) is 3. The van der Waals surface area contributed by atoms with Crippen molar-refractivity contribution < 1.29 is 18.8 Å². The van der Waals surface area contributed by atoms with E-state index in [2.05, 4.69) is 15.6 Å². The minimum Gasteiger partial charge on any atom is -0.434 e. The molecule has 3 atom stereocenters. The van der Waals surface area contributed by atoms with Crippen LogP contribution in [0.2, 0.25) is 0 Å². The molecule has 0 saturated heterocycles. The first-order valence-electron chi connectivity index (χ1n) is 13.2. The first-order chi connectivity index (χ1) is 18.9. The molecule has 4 aromatic rings. The Hall–Kier alpha value is -4.30. The van der Waals surface area contributed by atoms with Gasteiger partial charge in [0, 0.05) is 31.1 Å². The van der Waals surface area contributed by atoms with E-state index in [0.717, 1.165) is 11.1 Å². The zero-order valence-corrected chi connectivity index (χ0v) is 22.2. The van der Waals surface area contributed by atoms with Crippen LogP contribution >= 0.6 is 0 Å². The lowest BCUT2D eigenvalue weighted by molar-refractivity contribution is -0.125. The maximum atomic E-state index is 13.4. The second kappa shape index (κ2) is 13.0. The smallest absolute Gasteiger partial charge is 0.264 e. The number of benzene rings is 3. The molecule has 8 nitrogen and oxygen atoms in total. The summed E-state index contributed by atoms with van der Waals surface area (Å²) in [5, 5.41) is 5.87. The number of amides is 2. The van der Waals surface area contributed by atoms with Gasteiger partial charge in [-0.05, 0) is 47.7 Å². The zero-order valence-electron chi connectivity index (χ0n) is 22.2. The molecule has 1 aromatic heterocycles. The van der Waals surface area contributed by atoms with Crippen molar-refractivity contribution in [2.75, 3.05) is 13.1 Å². The standard InChI is InChI=1S/C31H34N4O4/c1-20(19-34-30(38)24-12-8-9-22(17-24)18-32)21(2)29(37)33-16-15-25(23-10-4-3-5-11-23)28(36)31-35-26-13-6-7-14-27(26)39-31/h3-14,17,20-21,25H,15-16,18-19,32H2,1-2H3,(H,33,37)(H,34,38). The molecule has 3 unspecified atom stereocenters. The Morgan fingerprint density at radius 2 is 1.67 bits per heavy atom. The lowest BCUT2D eigenvalue weighted by Gasteiger charge is -2.21. The largest absolute Gasteiger partial charge is 0.434 e. The summed E-state index contributed by atoms with van der Waals surface area (Å²) < 4.78 is 5.73. The van der Waals surface area contributed by atoms with Gasteiger partial charge in [0.05, 0.1) is 5.92 Å². The molecule has 0 aliphatic heterocycles. The van der Waals surface area contributed by atoms with Gasteiger partial charge in [-0.1, -0.05) is 68.4 Å². The maximum Gasteiger partial charge on any atom is 0.264 e. The van der Waals surface area contributed by atoms with Crippen LogP contribution in [0, 0.1) is 11.8 Å². The Balaban J connectivity index is 1.33. The number of nitrogens with zero attached hydrogens (tertiary/aromatic N) is 1. The van der Waals surface area contributed by atoms with Gasteiger partial charge in [0.15, 0.2) is 5.58 Å². The monoisotopic (exact) mass is 526 g/mol. The van der Waals surface area contributed by atoms with E-state index in [4.69, 9.17) is 10.2 Å². The molecular weight excluding hydrogens is 492 g/mol. The van der Waals surface area contributed by atoms with Crippen LogP contribution in [0.4, 0.5) is 0 Å². The average molecular weight is 527 g/mol. The van der Waals surface area contributed by atoms with Gasteiger partial charge < -0.3 is 20.8 Å². The third-order valence-electron chi connectivity index (χ3n) is 7.03. The highest BCUT2D eigenvalue weighted by Crippen LogP contribution is 2.26. The van der Waals surface area contributed by atoms with Gasteiger partial charge in [0.1, 0.15) is 5.52 Å². The van der Waals surface area contributed by atoms with Crippen LogP contribution in [0.5, 0.6) is 0 Å². The normalized spacial score (nSPS) is 13.4. The molecular formula is C31H34N4O4. The molecule has 0 bridgehead atoms. The van der Waals surface area contributed by atoms with Gasteiger partial charge in [-0.2, -0.15) is 0 Å². The summed E-state index contributed by atoms with van der Waals surface area (Å²) in [6.07, 6.45) is 0.392. The molecule has 0 aliphatic rings. The zero-order chi connectivity index (χ0) is 27.8. The van der Waals surface area contributed by atoms with Crippen LogP contribution < -0.4 is 16.4 Å². The summed E-state index contributed by atoms with van der Waals surface area (Å²) >= 11 is 0. The summed E-state index contributed by atoms with van der Waals surface area (Å²) in [4.78, 5) is 43.2. The number of carbonyl (C=O) groups is 3. The van der Waals surface area contributed by atoms with E-state index in [1.165, 1.54) is 0 Å². The number of nitrogens with one attached hydrogen (secondary N) is 2. The SMILES string of the molecule is CC(CNC(=O)c1cccc(CN)c1)C(C)C(=O)NCCC(C(=O)c1nc2ccccc2o1)c1ccccc1. The quantitative estimate of drug-likeness (QED) is 0.234. The highest BCUT2D eigenvalue weighted by atomic mass is 16.4. The number of para-hydroxylation sites is 2. The van der Waals surface area contributed by atoms with Gasteiger partial charge in [0.2, 0.25) is 11.7 Å². The van der Waals surface area contributed by atoms with Gasteiger partial charge in [-0.25, -0.2) is 4.98 Å². The number of ketones is 1. The molecule has 3 aromatic carbocycles. The second-order valence-corrected chi connectivity index (χ2v) is 9.77. The van der Waals surface area contributed by atoms with Crippen molar-refractivity contribution in [3.8, 4) is 0 Å². The Kier molecular flexibility index (Phi) is 9.22. The van der Waals surface area contributed by atoms with Crippen LogP contribution in [0.3, 0.4) is 0 Å². The Morgan fingerprint density at radius 3 is 2.41 bits per heavy atom. The molecule has 0 saturated carbocycles. The maximum absolute atomic E-state index is 13.4. The highest BCUT2D eigenvalue weighted by Gasteiger charge is 2.27. The van der Waals surface area contributed by atoms with E-state index in [1.54, 1.807) is 30.3 Å². The Labute approximate surface area is 228 Å². The van der Waals surface area contributed by atoms with Gasteiger partial charge in [-0.3, -0.25) is 14.4 Å². The Bertz CT molecular complexity index is 1400. The van der Waals surface area contributed by atoms with Crippen molar-refractivity contribution in [3.05, 3.63) is 101 Å². The first kappa shape index (κ1) is 27.7. The van der Waals surface area contributed by atoms with Crippen molar-refractivity contribution in [3.63, 3.8) is 0 Å². The third kappa shape index (κ3) is 6.97. The second-order valence-electron chi connectivity index (χ2n) is 9.77. The van der Waals surface area contributed by atoms with Crippen molar-refractivity contribution >= 4 is 28.7 Å². The van der Waals surface area contributed by atoms with Crippen LogP contribution in [0.25, 0.3) is 11.1 Å². The summed E-state index contributed by atoms with van der Waals surface area (Å²) in [6, 6.07) is 23.9. The predicted octanol–water partition coefficient (Wildman–Crippen LogP) is 4.46. The third-order valence-corrected chi connectivity index (χ3v) is 7.03. The van der Waals surface area contributed by atoms with Crippen molar-refractivity contribution in [1.29, 1.82) is 0 Å². The Morgan fingerprint density at radius 1 is 0.923 bits per heavy atom. The van der Waals surface area contributed by atoms with E-state index in [1.807, 2.05) is 62.4 Å². The molecule has 2 amide bonds. The fourth-order valence-electron chi connectivity index (χ4n) is 4.39. The topological polar surface area (TPSA) is 127 Å². The van der Waals surface area contributed by atoms with Crippen molar-refractivity contribution in [2.45, 2.75) is 32.7 Å². The number of hydrogen-bond acceptors (Lipinski definition) is 6. The van der Waals surface area contributed by atoms with Gasteiger partial charge >= 0.3 is 0 Å². The molecule has 0 spiro atoms. The highest BCUT2D eigenvalue weighted by molar-refractivity contribution is 5.99. The van der Waals surface area contributed by atoms with Gasteiger partial charge in [0.25, 0.3) is 11.8 Å². The number of Topliss-reactive ketones (excluding diaryl/α,β-unsaturated/α-hetero) is 1. The molecule has 4 N–H and O–H groups in total. The minimum atomic E-state index is -0.518. The minimum absolute atomic E-state index is 0.0612. The molecule has 39 heavy (non-hydrogen) atoms.